The Kier molecular flexibility index (Phi) is 3.14. The summed E-state index contributed by atoms with van der Waals surface area (Å²) in [5.74, 6) is -0.478. The Hall–Kier alpha value is -2.00. The van der Waals surface area contributed by atoms with Crippen LogP contribution in [0.3, 0.4) is 0 Å². The fourth-order valence-electron chi connectivity index (χ4n) is 3.17. The maximum atomic E-state index is 13.1. The maximum absolute atomic E-state index is 13.1. The number of hydrogen-bond acceptors (Lipinski definition) is 2. The normalized spacial score (nSPS) is 28.2. The first-order chi connectivity index (χ1) is 9.68. The van der Waals surface area contributed by atoms with Crippen LogP contribution in [0.25, 0.3) is 5.57 Å². The van der Waals surface area contributed by atoms with Crippen LogP contribution in [-0.2, 0) is 4.79 Å². The zero-order valence-electron chi connectivity index (χ0n) is 10.9. The molecule has 1 spiro atoms. The van der Waals surface area contributed by atoms with Crippen molar-refractivity contribution in [1.82, 2.24) is 0 Å². The van der Waals surface area contributed by atoms with E-state index in [1.807, 2.05) is 18.2 Å². The van der Waals surface area contributed by atoms with Crippen LogP contribution in [0.4, 0.5) is 4.39 Å². The van der Waals surface area contributed by atoms with Gasteiger partial charge in [-0.3, -0.25) is 4.79 Å². The molecule has 0 unspecified atom stereocenters. The summed E-state index contributed by atoms with van der Waals surface area (Å²) in [5, 5.41) is 9.61. The molecule has 0 saturated heterocycles. The molecule has 0 radical (unpaired) electrons. The smallest absolute Gasteiger partial charge is 0.170 e. The zero-order valence-corrected chi connectivity index (χ0v) is 10.9. The van der Waals surface area contributed by atoms with E-state index >= 15 is 0 Å². The molecule has 1 aromatic carbocycles. The van der Waals surface area contributed by atoms with E-state index in [0.29, 0.717) is 6.42 Å². The zero-order chi connectivity index (χ0) is 14.2. The minimum Gasteiger partial charge on any atom is -0.396 e. The number of carbonyl (C=O) groups excluding carboxylic acids is 1. The van der Waals surface area contributed by atoms with Gasteiger partial charge in [-0.25, -0.2) is 4.39 Å². The molecule has 2 aliphatic rings. The molecule has 0 amide bonds. The Bertz CT molecular complexity index is 625. The van der Waals surface area contributed by atoms with Crippen LogP contribution in [0.1, 0.15) is 12.0 Å². The topological polar surface area (TPSA) is 37.3 Å². The van der Waals surface area contributed by atoms with Crippen LogP contribution in [-0.4, -0.2) is 17.5 Å². The van der Waals surface area contributed by atoms with Crippen molar-refractivity contribution >= 4 is 11.4 Å². The molecule has 2 nitrogen and oxygen atoms in total. The highest BCUT2D eigenvalue weighted by Gasteiger charge is 2.48. The molecule has 0 aliphatic heterocycles. The van der Waals surface area contributed by atoms with E-state index in [9.17, 15) is 14.3 Å². The molecule has 0 bridgehead atoms. The molecule has 0 aromatic heterocycles. The highest BCUT2D eigenvalue weighted by atomic mass is 19.1. The van der Waals surface area contributed by atoms with Gasteiger partial charge in [-0.2, -0.15) is 0 Å². The number of benzene rings is 1. The molecule has 20 heavy (non-hydrogen) atoms. The van der Waals surface area contributed by atoms with Gasteiger partial charge in [0.15, 0.2) is 5.78 Å². The van der Waals surface area contributed by atoms with Gasteiger partial charge in [-0.15, -0.1) is 0 Å². The van der Waals surface area contributed by atoms with Gasteiger partial charge in [0.1, 0.15) is 5.82 Å². The molecule has 0 fully saturated rings. The van der Waals surface area contributed by atoms with E-state index in [-0.39, 0.29) is 24.1 Å². The summed E-state index contributed by atoms with van der Waals surface area (Å²) in [5.41, 5.74) is 0.888. The van der Waals surface area contributed by atoms with E-state index in [1.165, 1.54) is 12.1 Å². The van der Waals surface area contributed by atoms with Gasteiger partial charge < -0.3 is 5.11 Å². The molecule has 3 heteroatoms. The average molecular weight is 270 g/mol. The fraction of sp³-hybridized carbons (Fsp3) is 0.235. The average Bonchev–Trinajstić information content (AvgIpc) is 2.82. The van der Waals surface area contributed by atoms with Gasteiger partial charge >= 0.3 is 0 Å². The molecule has 1 N–H and O–H groups in total. The van der Waals surface area contributed by atoms with Crippen LogP contribution in [0.5, 0.6) is 0 Å². The summed E-state index contributed by atoms with van der Waals surface area (Å²) in [6.07, 6.45) is 9.59. The summed E-state index contributed by atoms with van der Waals surface area (Å²) in [6.45, 7) is -0.0505. The second-order valence-corrected chi connectivity index (χ2v) is 5.19. The Balaban J connectivity index is 2.10. The van der Waals surface area contributed by atoms with E-state index in [2.05, 4.69) is 0 Å². The Morgan fingerprint density at radius 1 is 1.25 bits per heavy atom. The molecular formula is C17H15FO2. The van der Waals surface area contributed by atoms with E-state index in [4.69, 9.17) is 0 Å². The van der Waals surface area contributed by atoms with Crippen LogP contribution in [0, 0.1) is 17.2 Å². The summed E-state index contributed by atoms with van der Waals surface area (Å²) in [6, 6.07) is 6.15. The Morgan fingerprint density at radius 3 is 2.65 bits per heavy atom. The summed E-state index contributed by atoms with van der Waals surface area (Å²) in [4.78, 5) is 12.5. The van der Waals surface area contributed by atoms with Crippen molar-refractivity contribution in [2.45, 2.75) is 6.42 Å². The largest absolute Gasteiger partial charge is 0.396 e. The van der Waals surface area contributed by atoms with Gasteiger partial charge in [0.05, 0.1) is 5.41 Å². The SMILES string of the molecule is O=C1C=CC=C[C@]12C(c1ccc(F)cc1)=CC[C@@H]2CO. The molecule has 102 valence electrons. The molecule has 1 aromatic rings. The molecule has 0 heterocycles. The van der Waals surface area contributed by atoms with Crippen LogP contribution >= 0.6 is 0 Å². The van der Waals surface area contributed by atoms with Crippen LogP contribution in [0.2, 0.25) is 0 Å². The quantitative estimate of drug-likeness (QED) is 0.897. The lowest BCUT2D eigenvalue weighted by Gasteiger charge is -2.34. The lowest BCUT2D eigenvalue weighted by Crippen LogP contribution is -2.37. The minimum atomic E-state index is -0.804. The number of hydrogen-bond donors (Lipinski definition) is 1. The molecule has 3 rings (SSSR count). The second kappa shape index (κ2) is 4.84. The number of allylic oxidation sites excluding steroid dienone is 6. The molecular weight excluding hydrogens is 255 g/mol. The third-order valence-electron chi connectivity index (χ3n) is 4.20. The molecule has 2 atom stereocenters. The van der Waals surface area contributed by atoms with Gasteiger partial charge in [-0.1, -0.05) is 36.4 Å². The van der Waals surface area contributed by atoms with E-state index in [0.717, 1.165) is 11.1 Å². The first-order valence-corrected chi connectivity index (χ1v) is 6.66. The maximum Gasteiger partial charge on any atom is 0.170 e. The number of rotatable bonds is 2. The Morgan fingerprint density at radius 2 is 2.00 bits per heavy atom. The highest BCUT2D eigenvalue weighted by molar-refractivity contribution is 6.08. The van der Waals surface area contributed by atoms with Crippen molar-refractivity contribution in [1.29, 1.82) is 0 Å². The number of aliphatic hydroxyl groups is 1. The minimum absolute atomic E-state index is 0.0212. The van der Waals surface area contributed by atoms with Crippen LogP contribution in [0.15, 0.2) is 54.6 Å². The number of aliphatic hydroxyl groups excluding tert-OH is 1. The first kappa shape index (κ1) is 13.0. The van der Waals surface area contributed by atoms with Crippen molar-refractivity contribution < 1.29 is 14.3 Å². The van der Waals surface area contributed by atoms with Gasteiger partial charge in [0.2, 0.25) is 0 Å². The third kappa shape index (κ3) is 1.78. The fourth-order valence-corrected chi connectivity index (χ4v) is 3.17. The lowest BCUT2D eigenvalue weighted by molar-refractivity contribution is -0.121. The van der Waals surface area contributed by atoms with E-state index in [1.54, 1.807) is 24.3 Å². The first-order valence-electron chi connectivity index (χ1n) is 6.66. The van der Waals surface area contributed by atoms with Crippen molar-refractivity contribution in [2.75, 3.05) is 6.61 Å². The predicted octanol–water partition coefficient (Wildman–Crippen LogP) is 2.90. The van der Waals surface area contributed by atoms with Gasteiger partial charge in [0.25, 0.3) is 0 Å². The molecule has 0 saturated carbocycles. The van der Waals surface area contributed by atoms with Gasteiger partial charge in [-0.05, 0) is 35.8 Å². The number of halogens is 1. The van der Waals surface area contributed by atoms with Crippen molar-refractivity contribution in [3.63, 3.8) is 0 Å². The summed E-state index contributed by atoms with van der Waals surface area (Å²) >= 11 is 0. The Labute approximate surface area is 116 Å². The lowest BCUT2D eigenvalue weighted by atomic mass is 9.67. The summed E-state index contributed by atoms with van der Waals surface area (Å²) in [7, 11) is 0. The predicted molar refractivity (Wildman–Crippen MR) is 75.3 cm³/mol. The van der Waals surface area contributed by atoms with Crippen LogP contribution < -0.4 is 0 Å². The standard InChI is InChI=1S/C17H15FO2/c18-14-7-4-12(5-8-14)15-9-6-13(11-19)17(15)10-2-1-3-16(17)20/h1-5,7-10,13,19H,6,11H2/t13-,17+/m1/s1. The third-order valence-corrected chi connectivity index (χ3v) is 4.20. The molecule has 2 aliphatic carbocycles. The van der Waals surface area contributed by atoms with E-state index < -0.39 is 5.41 Å². The highest BCUT2D eigenvalue weighted by Crippen LogP contribution is 2.51. The van der Waals surface area contributed by atoms with Crippen molar-refractivity contribution in [3.05, 3.63) is 66.0 Å². The van der Waals surface area contributed by atoms with Crippen molar-refractivity contribution in [2.24, 2.45) is 11.3 Å². The van der Waals surface area contributed by atoms with Crippen molar-refractivity contribution in [3.8, 4) is 0 Å². The number of carbonyl (C=O) groups is 1. The number of ketones is 1. The van der Waals surface area contributed by atoms with Gasteiger partial charge in [0, 0.05) is 12.5 Å². The second-order valence-electron chi connectivity index (χ2n) is 5.19. The summed E-state index contributed by atoms with van der Waals surface area (Å²) < 4.78 is 13.1. The monoisotopic (exact) mass is 270 g/mol.